The fourth-order valence-electron chi connectivity index (χ4n) is 2.28. The molecular formula is C17H20N2O3S. The van der Waals surface area contributed by atoms with E-state index in [9.17, 15) is 9.59 Å². The van der Waals surface area contributed by atoms with Crippen molar-refractivity contribution in [1.82, 2.24) is 10.2 Å². The molecule has 1 N–H and O–H groups in total. The second-order valence-corrected chi connectivity index (χ2v) is 5.42. The minimum Gasteiger partial charge on any atom is -0.468 e. The Bertz CT molecular complexity index is 601. The molecule has 1 aromatic carbocycles. The fourth-order valence-corrected chi connectivity index (χ4v) is 2.53. The van der Waals surface area contributed by atoms with Crippen molar-refractivity contribution in [3.63, 3.8) is 0 Å². The molecule has 6 heteroatoms. The minimum absolute atomic E-state index is 0.0583. The van der Waals surface area contributed by atoms with E-state index in [4.69, 9.17) is 4.74 Å². The highest BCUT2D eigenvalue weighted by Gasteiger charge is 2.26. The van der Waals surface area contributed by atoms with Crippen molar-refractivity contribution in [2.75, 3.05) is 12.9 Å². The molecule has 1 heterocycles. The lowest BCUT2D eigenvalue weighted by atomic mass is 10.1. The minimum atomic E-state index is -0.587. The van der Waals surface area contributed by atoms with Crippen LogP contribution < -0.4 is 5.32 Å². The summed E-state index contributed by atoms with van der Waals surface area (Å²) in [4.78, 5) is 25.8. The summed E-state index contributed by atoms with van der Waals surface area (Å²) in [6.45, 7) is 0. The average molecular weight is 332 g/mol. The van der Waals surface area contributed by atoms with Crippen LogP contribution in [0.3, 0.4) is 0 Å². The zero-order chi connectivity index (χ0) is 16.7. The van der Waals surface area contributed by atoms with Gasteiger partial charge >= 0.3 is 5.97 Å². The number of thiol groups is 1. The third-order valence-electron chi connectivity index (χ3n) is 3.48. The van der Waals surface area contributed by atoms with Gasteiger partial charge in [-0.05, 0) is 17.7 Å². The van der Waals surface area contributed by atoms with Crippen molar-refractivity contribution < 1.29 is 14.3 Å². The molecule has 1 aliphatic heterocycles. The third kappa shape index (κ3) is 4.71. The van der Waals surface area contributed by atoms with E-state index in [0.717, 1.165) is 5.56 Å². The number of ether oxygens (including phenoxy) is 1. The normalized spacial score (nSPS) is 17.8. The van der Waals surface area contributed by atoms with Crippen LogP contribution in [0.25, 0.3) is 0 Å². The predicted octanol–water partition coefficient (Wildman–Crippen LogP) is 1.53. The molecule has 0 saturated heterocycles. The molecule has 1 unspecified atom stereocenters. The van der Waals surface area contributed by atoms with Crippen molar-refractivity contribution in [2.45, 2.75) is 18.6 Å². The van der Waals surface area contributed by atoms with Crippen LogP contribution in [0.1, 0.15) is 5.56 Å². The maximum absolute atomic E-state index is 12.6. The number of carbonyl (C=O) groups excluding carboxylic acids is 2. The van der Waals surface area contributed by atoms with Crippen LogP contribution in [-0.2, 0) is 20.7 Å². The number of esters is 1. The Balaban J connectivity index is 2.06. The first-order valence-corrected chi connectivity index (χ1v) is 7.93. The summed E-state index contributed by atoms with van der Waals surface area (Å²) in [7, 11) is 1.33. The molecule has 122 valence electrons. The number of allylic oxidation sites excluding steroid dienone is 2. The topological polar surface area (TPSA) is 58.6 Å². The van der Waals surface area contributed by atoms with E-state index in [1.807, 2.05) is 42.5 Å². The Morgan fingerprint density at radius 3 is 2.70 bits per heavy atom. The van der Waals surface area contributed by atoms with Crippen LogP contribution in [0.5, 0.6) is 0 Å². The highest BCUT2D eigenvalue weighted by atomic mass is 32.1. The van der Waals surface area contributed by atoms with Crippen LogP contribution in [0, 0.1) is 0 Å². The Morgan fingerprint density at radius 1 is 1.30 bits per heavy atom. The molecule has 2 rings (SSSR count). The van der Waals surface area contributed by atoms with E-state index in [-0.39, 0.29) is 11.7 Å². The number of rotatable bonds is 6. The second kappa shape index (κ2) is 8.55. The van der Waals surface area contributed by atoms with Gasteiger partial charge in [0, 0.05) is 12.0 Å². The summed E-state index contributed by atoms with van der Waals surface area (Å²) < 4.78 is 4.74. The molecule has 0 radical (unpaired) electrons. The van der Waals surface area contributed by atoms with Gasteiger partial charge in [-0.15, -0.1) is 0 Å². The number of hydrogen-bond acceptors (Lipinski definition) is 5. The van der Waals surface area contributed by atoms with Gasteiger partial charge < -0.3 is 4.74 Å². The summed E-state index contributed by atoms with van der Waals surface area (Å²) in [5, 5.41) is 3.09. The lowest BCUT2D eigenvalue weighted by molar-refractivity contribution is -0.143. The Morgan fingerprint density at radius 2 is 2.04 bits per heavy atom. The molecule has 0 fully saturated rings. The molecule has 0 spiro atoms. The fraction of sp³-hybridized carbons (Fsp3) is 0.294. The van der Waals surface area contributed by atoms with Crippen molar-refractivity contribution in [3.8, 4) is 0 Å². The van der Waals surface area contributed by atoms with E-state index in [2.05, 4.69) is 17.9 Å². The van der Waals surface area contributed by atoms with Gasteiger partial charge in [-0.1, -0.05) is 36.4 Å². The molecular weight excluding hydrogens is 312 g/mol. The zero-order valence-electron chi connectivity index (χ0n) is 12.9. The smallest absolute Gasteiger partial charge is 0.323 e. The lowest BCUT2D eigenvalue weighted by Crippen LogP contribution is -2.53. The van der Waals surface area contributed by atoms with E-state index in [0.29, 0.717) is 6.42 Å². The van der Waals surface area contributed by atoms with Crippen LogP contribution in [0.15, 0.2) is 54.8 Å². The van der Waals surface area contributed by atoms with Gasteiger partial charge in [-0.25, -0.2) is 0 Å². The lowest BCUT2D eigenvalue weighted by Gasteiger charge is -2.31. The number of amides is 1. The van der Waals surface area contributed by atoms with Crippen molar-refractivity contribution >= 4 is 24.5 Å². The molecule has 1 amide bonds. The third-order valence-corrected chi connectivity index (χ3v) is 3.84. The summed E-state index contributed by atoms with van der Waals surface area (Å²) in [5.41, 5.74) is 0.943. The van der Waals surface area contributed by atoms with Crippen LogP contribution in [0.4, 0.5) is 0 Å². The molecule has 0 saturated carbocycles. The van der Waals surface area contributed by atoms with Crippen molar-refractivity contribution in [1.29, 1.82) is 0 Å². The Kier molecular flexibility index (Phi) is 6.43. The van der Waals surface area contributed by atoms with E-state index in [1.165, 1.54) is 7.11 Å². The van der Waals surface area contributed by atoms with Crippen LogP contribution >= 0.6 is 12.6 Å². The standard InChI is InChI=1S/C17H20N2O3S/c1-22-17(21)14(12-23)18-15-9-5-6-10-19(15)16(20)11-13-7-3-2-4-8-13/h2-10,14-15,18,23H,11-12H2,1H3/t14?,15-/m0/s1. The average Bonchev–Trinajstić information content (AvgIpc) is 2.60. The highest BCUT2D eigenvalue weighted by Crippen LogP contribution is 2.11. The van der Waals surface area contributed by atoms with Crippen LogP contribution in [0.2, 0.25) is 0 Å². The number of nitrogens with one attached hydrogen (secondary N) is 1. The molecule has 0 aromatic heterocycles. The predicted molar refractivity (Wildman–Crippen MR) is 91.9 cm³/mol. The number of hydrogen-bond donors (Lipinski definition) is 2. The Hall–Kier alpha value is -2.05. The number of carbonyl (C=O) groups is 2. The SMILES string of the molecule is COC(=O)C(CS)N[C@@H]1C=CC=CN1C(=O)Cc1ccccc1. The van der Waals surface area contributed by atoms with Gasteiger partial charge in [0.2, 0.25) is 5.91 Å². The van der Waals surface area contributed by atoms with Gasteiger partial charge in [-0.2, -0.15) is 12.6 Å². The van der Waals surface area contributed by atoms with Gasteiger partial charge in [0.1, 0.15) is 12.2 Å². The van der Waals surface area contributed by atoms with Gasteiger partial charge in [0.15, 0.2) is 0 Å². The van der Waals surface area contributed by atoms with Crippen molar-refractivity contribution in [2.24, 2.45) is 0 Å². The first-order valence-electron chi connectivity index (χ1n) is 7.30. The maximum atomic E-state index is 12.6. The van der Waals surface area contributed by atoms with Crippen molar-refractivity contribution in [3.05, 3.63) is 60.3 Å². The van der Waals surface area contributed by atoms with E-state index >= 15 is 0 Å². The van der Waals surface area contributed by atoms with E-state index < -0.39 is 18.2 Å². The molecule has 0 bridgehead atoms. The molecule has 1 aromatic rings. The number of benzene rings is 1. The summed E-state index contributed by atoms with van der Waals surface area (Å²) >= 11 is 4.16. The molecule has 2 atom stereocenters. The number of methoxy groups -OCH3 is 1. The quantitative estimate of drug-likeness (QED) is 0.613. The van der Waals surface area contributed by atoms with E-state index in [1.54, 1.807) is 17.2 Å². The monoisotopic (exact) mass is 332 g/mol. The largest absolute Gasteiger partial charge is 0.468 e. The van der Waals surface area contributed by atoms with Gasteiger partial charge in [0.05, 0.1) is 13.5 Å². The number of nitrogens with zero attached hydrogens (tertiary/aromatic N) is 1. The van der Waals surface area contributed by atoms with Crippen LogP contribution in [-0.4, -0.2) is 41.8 Å². The molecule has 0 aliphatic carbocycles. The maximum Gasteiger partial charge on any atom is 0.323 e. The van der Waals surface area contributed by atoms with Gasteiger partial charge in [-0.3, -0.25) is 19.8 Å². The molecule has 5 nitrogen and oxygen atoms in total. The second-order valence-electron chi connectivity index (χ2n) is 5.06. The molecule has 23 heavy (non-hydrogen) atoms. The molecule has 1 aliphatic rings. The first kappa shape index (κ1) is 17.3. The summed E-state index contributed by atoms with van der Waals surface area (Å²) in [6.07, 6.45) is 7.03. The summed E-state index contributed by atoms with van der Waals surface area (Å²) in [6, 6.07) is 8.95. The highest BCUT2D eigenvalue weighted by molar-refractivity contribution is 7.80. The zero-order valence-corrected chi connectivity index (χ0v) is 13.8. The summed E-state index contributed by atoms with van der Waals surface area (Å²) in [5.74, 6) is -0.183. The van der Waals surface area contributed by atoms with Gasteiger partial charge in [0.25, 0.3) is 0 Å². The first-order chi connectivity index (χ1) is 11.2. The Labute approximate surface area is 141 Å².